The predicted octanol–water partition coefficient (Wildman–Crippen LogP) is 2.29. The summed E-state index contributed by atoms with van der Waals surface area (Å²) < 4.78 is 13.5. The summed E-state index contributed by atoms with van der Waals surface area (Å²) in [5.41, 5.74) is 0.0911. The molecule has 1 aromatic rings. The van der Waals surface area contributed by atoms with Crippen LogP contribution in [0.3, 0.4) is 0 Å². The van der Waals surface area contributed by atoms with Crippen LogP contribution >= 0.6 is 0 Å². The lowest BCUT2D eigenvalue weighted by molar-refractivity contribution is -0.146. The Balaban J connectivity index is 1.82. The Morgan fingerprint density at radius 1 is 1.15 bits per heavy atom. The second-order valence-corrected chi connectivity index (χ2v) is 5.31. The molecule has 3 rings (SSSR count). The highest BCUT2D eigenvalue weighted by Gasteiger charge is 2.51. The van der Waals surface area contributed by atoms with Crippen molar-refractivity contribution < 1.29 is 19.1 Å². The molecular weight excluding hydrogens is 261 g/mol. The lowest BCUT2D eigenvalue weighted by atomic mass is 9.82. The van der Waals surface area contributed by atoms with Crippen molar-refractivity contribution in [2.75, 3.05) is 5.32 Å². The summed E-state index contributed by atoms with van der Waals surface area (Å²) in [6.45, 7) is 0. The van der Waals surface area contributed by atoms with E-state index in [-0.39, 0.29) is 17.5 Å². The highest BCUT2D eigenvalue weighted by atomic mass is 19.1. The number of allylic oxidation sites excluding steroid dienone is 2. The summed E-state index contributed by atoms with van der Waals surface area (Å²) in [4.78, 5) is 23.6. The number of carboxylic acid groups (broad SMARTS) is 1. The molecule has 2 N–H and O–H groups in total. The molecule has 5 heteroatoms. The third-order valence-electron chi connectivity index (χ3n) is 4.18. The van der Waals surface area contributed by atoms with Crippen LogP contribution < -0.4 is 5.32 Å². The zero-order valence-electron chi connectivity index (χ0n) is 10.6. The third kappa shape index (κ3) is 1.99. The second-order valence-electron chi connectivity index (χ2n) is 5.31. The number of amides is 1. The number of fused-ring (bicyclic) bond motifs is 2. The van der Waals surface area contributed by atoms with Crippen molar-refractivity contribution in [1.82, 2.24) is 0 Å². The van der Waals surface area contributed by atoms with Gasteiger partial charge in [0.25, 0.3) is 0 Å². The summed E-state index contributed by atoms with van der Waals surface area (Å²) >= 11 is 0. The highest BCUT2D eigenvalue weighted by molar-refractivity contribution is 5.96. The van der Waals surface area contributed by atoms with Crippen molar-refractivity contribution in [2.24, 2.45) is 23.7 Å². The molecule has 1 aromatic carbocycles. The predicted molar refractivity (Wildman–Crippen MR) is 70.4 cm³/mol. The van der Waals surface area contributed by atoms with Crippen LogP contribution in [0.5, 0.6) is 0 Å². The number of carboxylic acids is 1. The first-order chi connectivity index (χ1) is 9.58. The first kappa shape index (κ1) is 12.8. The molecule has 0 unspecified atom stereocenters. The summed E-state index contributed by atoms with van der Waals surface area (Å²) in [6.07, 6.45) is 4.46. The molecule has 0 saturated heterocycles. The van der Waals surface area contributed by atoms with E-state index < -0.39 is 29.5 Å². The third-order valence-corrected chi connectivity index (χ3v) is 4.18. The van der Waals surface area contributed by atoms with Crippen LogP contribution in [-0.2, 0) is 9.59 Å². The van der Waals surface area contributed by atoms with E-state index >= 15 is 0 Å². The topological polar surface area (TPSA) is 66.4 Å². The largest absolute Gasteiger partial charge is 0.481 e. The molecule has 104 valence electrons. The minimum absolute atomic E-state index is 0.0622. The molecule has 2 bridgehead atoms. The standard InChI is InChI=1S/C15H14FNO3/c16-10-3-1-2-4-11(10)17-14(18)12-8-5-6-9(7-8)13(12)15(19)20/h1-6,8-9,12-13H,7H2,(H,17,18)(H,19,20)/t8-,9-,12+,13+/m0/s1. The number of hydrogen-bond donors (Lipinski definition) is 2. The van der Waals surface area contributed by atoms with E-state index in [1.54, 1.807) is 6.07 Å². The van der Waals surface area contributed by atoms with Gasteiger partial charge in [-0.15, -0.1) is 0 Å². The van der Waals surface area contributed by atoms with Gasteiger partial charge >= 0.3 is 5.97 Å². The smallest absolute Gasteiger partial charge is 0.307 e. The monoisotopic (exact) mass is 275 g/mol. The average molecular weight is 275 g/mol. The van der Waals surface area contributed by atoms with Crippen molar-refractivity contribution in [2.45, 2.75) is 6.42 Å². The van der Waals surface area contributed by atoms with E-state index in [0.717, 1.165) is 0 Å². The molecule has 4 atom stereocenters. The minimum atomic E-state index is -0.962. The minimum Gasteiger partial charge on any atom is -0.481 e. The van der Waals surface area contributed by atoms with Gasteiger partial charge < -0.3 is 10.4 Å². The fourth-order valence-electron chi connectivity index (χ4n) is 3.29. The molecule has 2 aliphatic carbocycles. The number of nitrogens with one attached hydrogen (secondary N) is 1. The van der Waals surface area contributed by atoms with Gasteiger partial charge in [0.2, 0.25) is 5.91 Å². The van der Waals surface area contributed by atoms with E-state index in [2.05, 4.69) is 5.32 Å². The molecule has 0 heterocycles. The van der Waals surface area contributed by atoms with E-state index in [4.69, 9.17) is 0 Å². The number of para-hydroxylation sites is 1. The van der Waals surface area contributed by atoms with Crippen LogP contribution in [0.1, 0.15) is 6.42 Å². The number of benzene rings is 1. The Morgan fingerprint density at radius 2 is 1.80 bits per heavy atom. The lowest BCUT2D eigenvalue weighted by Gasteiger charge is -2.23. The van der Waals surface area contributed by atoms with Crippen molar-refractivity contribution >= 4 is 17.6 Å². The Labute approximate surface area is 115 Å². The van der Waals surface area contributed by atoms with Crippen LogP contribution in [0.25, 0.3) is 0 Å². The van der Waals surface area contributed by atoms with Gasteiger partial charge in [0.1, 0.15) is 5.82 Å². The molecule has 0 radical (unpaired) electrons. The number of rotatable bonds is 3. The first-order valence-corrected chi connectivity index (χ1v) is 6.54. The fourth-order valence-corrected chi connectivity index (χ4v) is 3.29. The SMILES string of the molecule is O=C(O)[C@H]1[C@H](C(=O)Nc2ccccc2F)[C@H]2C=C[C@H]1C2. The molecule has 4 nitrogen and oxygen atoms in total. The average Bonchev–Trinajstić information content (AvgIpc) is 3.01. The number of carbonyl (C=O) groups excluding carboxylic acids is 1. The molecule has 0 aliphatic heterocycles. The molecular formula is C15H14FNO3. The molecule has 20 heavy (non-hydrogen) atoms. The normalized spacial score (nSPS) is 30.4. The zero-order valence-corrected chi connectivity index (χ0v) is 10.6. The Bertz CT molecular complexity index is 599. The maximum Gasteiger partial charge on any atom is 0.307 e. The van der Waals surface area contributed by atoms with Gasteiger partial charge in [0, 0.05) is 0 Å². The second kappa shape index (κ2) is 4.74. The zero-order chi connectivity index (χ0) is 14.3. The van der Waals surface area contributed by atoms with Gasteiger partial charge in [-0.05, 0) is 30.4 Å². The van der Waals surface area contributed by atoms with Crippen molar-refractivity contribution in [3.8, 4) is 0 Å². The van der Waals surface area contributed by atoms with Crippen molar-refractivity contribution in [1.29, 1.82) is 0 Å². The summed E-state index contributed by atoms with van der Waals surface area (Å²) in [5, 5.41) is 11.8. The molecule has 0 aromatic heterocycles. The maximum absolute atomic E-state index is 13.5. The Morgan fingerprint density at radius 3 is 2.45 bits per heavy atom. The van der Waals surface area contributed by atoms with Gasteiger partial charge in [-0.1, -0.05) is 24.3 Å². The van der Waals surface area contributed by atoms with Crippen LogP contribution in [-0.4, -0.2) is 17.0 Å². The van der Waals surface area contributed by atoms with E-state index in [1.807, 2.05) is 12.2 Å². The fraction of sp³-hybridized carbons (Fsp3) is 0.333. The molecule has 1 fully saturated rings. The lowest BCUT2D eigenvalue weighted by Crippen LogP contribution is -2.36. The maximum atomic E-state index is 13.5. The van der Waals surface area contributed by atoms with E-state index in [0.29, 0.717) is 6.42 Å². The van der Waals surface area contributed by atoms with Gasteiger partial charge in [-0.2, -0.15) is 0 Å². The van der Waals surface area contributed by atoms with Gasteiger partial charge in [0.15, 0.2) is 0 Å². The molecule has 0 spiro atoms. The number of anilines is 1. The number of aliphatic carboxylic acids is 1. The van der Waals surface area contributed by atoms with Gasteiger partial charge in [-0.3, -0.25) is 9.59 Å². The van der Waals surface area contributed by atoms with E-state index in [9.17, 15) is 19.1 Å². The highest BCUT2D eigenvalue weighted by Crippen LogP contribution is 2.48. The van der Waals surface area contributed by atoms with Gasteiger partial charge in [-0.25, -0.2) is 4.39 Å². The number of halogens is 1. The van der Waals surface area contributed by atoms with Crippen LogP contribution in [0.2, 0.25) is 0 Å². The molecule has 1 amide bonds. The summed E-state index contributed by atoms with van der Waals surface area (Å²) in [5.74, 6) is -3.39. The first-order valence-electron chi connectivity index (χ1n) is 6.54. The number of carbonyl (C=O) groups is 2. The van der Waals surface area contributed by atoms with E-state index in [1.165, 1.54) is 18.2 Å². The summed E-state index contributed by atoms with van der Waals surface area (Å²) in [6, 6.07) is 5.87. The van der Waals surface area contributed by atoms with Crippen LogP contribution in [0.15, 0.2) is 36.4 Å². The molecule has 2 aliphatic rings. The van der Waals surface area contributed by atoms with Crippen LogP contribution in [0, 0.1) is 29.5 Å². The van der Waals surface area contributed by atoms with Crippen LogP contribution in [0.4, 0.5) is 10.1 Å². The summed E-state index contributed by atoms with van der Waals surface area (Å²) in [7, 11) is 0. The Hall–Kier alpha value is -2.17. The van der Waals surface area contributed by atoms with Crippen molar-refractivity contribution in [3.63, 3.8) is 0 Å². The molecule has 1 saturated carbocycles. The number of hydrogen-bond acceptors (Lipinski definition) is 2. The van der Waals surface area contributed by atoms with Gasteiger partial charge in [0.05, 0.1) is 17.5 Å². The van der Waals surface area contributed by atoms with Crippen molar-refractivity contribution in [3.05, 3.63) is 42.2 Å². The quantitative estimate of drug-likeness (QED) is 0.832. The Kier molecular flexibility index (Phi) is 3.04.